The zero-order valence-corrected chi connectivity index (χ0v) is 15.9. The summed E-state index contributed by atoms with van der Waals surface area (Å²) in [5.74, 6) is 0.949. The predicted octanol–water partition coefficient (Wildman–Crippen LogP) is 4.29. The van der Waals surface area contributed by atoms with E-state index in [1.54, 1.807) is 6.20 Å². The quantitative estimate of drug-likeness (QED) is 0.621. The van der Waals surface area contributed by atoms with Gasteiger partial charge in [0.1, 0.15) is 5.75 Å². The SMILES string of the molecule is O=C(c1ccc2c(c1)CCO2)N(CCCc1ccccc1)Cc1ccccn1. The van der Waals surface area contributed by atoms with Crippen molar-refractivity contribution in [2.45, 2.75) is 25.8 Å². The van der Waals surface area contributed by atoms with Crippen LogP contribution in [0, 0.1) is 0 Å². The minimum absolute atomic E-state index is 0.0495. The normalized spacial score (nSPS) is 12.3. The maximum absolute atomic E-state index is 13.2. The van der Waals surface area contributed by atoms with Crippen LogP contribution in [0.4, 0.5) is 0 Å². The van der Waals surface area contributed by atoms with E-state index >= 15 is 0 Å². The largest absolute Gasteiger partial charge is 0.493 e. The summed E-state index contributed by atoms with van der Waals surface area (Å²) >= 11 is 0. The molecular weight excluding hydrogens is 348 g/mol. The molecular formula is C24H24N2O2. The van der Waals surface area contributed by atoms with Gasteiger partial charge >= 0.3 is 0 Å². The highest BCUT2D eigenvalue weighted by Gasteiger charge is 2.20. The van der Waals surface area contributed by atoms with E-state index in [9.17, 15) is 4.79 Å². The Balaban J connectivity index is 1.49. The number of aromatic nitrogens is 1. The lowest BCUT2D eigenvalue weighted by Gasteiger charge is -2.23. The fraction of sp³-hybridized carbons (Fsp3) is 0.250. The molecule has 0 spiro atoms. The molecule has 0 radical (unpaired) electrons. The van der Waals surface area contributed by atoms with Gasteiger partial charge in [-0.15, -0.1) is 0 Å². The highest BCUT2D eigenvalue weighted by molar-refractivity contribution is 5.94. The number of ether oxygens (including phenoxy) is 1. The van der Waals surface area contributed by atoms with E-state index in [0.29, 0.717) is 19.7 Å². The Morgan fingerprint density at radius 3 is 2.71 bits per heavy atom. The molecule has 0 unspecified atom stereocenters. The molecule has 2 aromatic carbocycles. The average molecular weight is 372 g/mol. The number of amides is 1. The lowest BCUT2D eigenvalue weighted by Crippen LogP contribution is -2.32. The van der Waals surface area contributed by atoms with Gasteiger partial charge in [-0.2, -0.15) is 0 Å². The number of fused-ring (bicyclic) bond motifs is 1. The van der Waals surface area contributed by atoms with Crippen molar-refractivity contribution in [3.05, 3.63) is 95.3 Å². The number of carbonyl (C=O) groups excluding carboxylic acids is 1. The molecule has 0 fully saturated rings. The minimum atomic E-state index is 0.0495. The smallest absolute Gasteiger partial charge is 0.254 e. The van der Waals surface area contributed by atoms with Crippen molar-refractivity contribution in [3.63, 3.8) is 0 Å². The Morgan fingerprint density at radius 1 is 1.04 bits per heavy atom. The first-order chi connectivity index (χ1) is 13.8. The van der Waals surface area contributed by atoms with Gasteiger partial charge in [-0.3, -0.25) is 9.78 Å². The van der Waals surface area contributed by atoms with E-state index in [1.807, 2.05) is 47.4 Å². The highest BCUT2D eigenvalue weighted by Crippen LogP contribution is 2.26. The van der Waals surface area contributed by atoms with E-state index in [1.165, 1.54) is 5.56 Å². The maximum atomic E-state index is 13.2. The number of benzene rings is 2. The summed E-state index contributed by atoms with van der Waals surface area (Å²) in [4.78, 5) is 19.6. The third kappa shape index (κ3) is 4.39. The average Bonchev–Trinajstić information content (AvgIpc) is 3.22. The second kappa shape index (κ2) is 8.70. The summed E-state index contributed by atoms with van der Waals surface area (Å²) in [6.07, 6.45) is 4.50. The summed E-state index contributed by atoms with van der Waals surface area (Å²) in [5.41, 5.74) is 4.04. The van der Waals surface area contributed by atoms with Crippen LogP contribution in [0.25, 0.3) is 0 Å². The Kier molecular flexibility index (Phi) is 5.66. The maximum Gasteiger partial charge on any atom is 0.254 e. The van der Waals surface area contributed by atoms with E-state index in [4.69, 9.17) is 4.74 Å². The first kappa shape index (κ1) is 18.2. The summed E-state index contributed by atoms with van der Waals surface area (Å²) in [7, 11) is 0. The highest BCUT2D eigenvalue weighted by atomic mass is 16.5. The molecule has 1 aliphatic heterocycles. The van der Waals surface area contributed by atoms with Crippen molar-refractivity contribution >= 4 is 5.91 Å². The van der Waals surface area contributed by atoms with Crippen molar-refractivity contribution in [1.82, 2.24) is 9.88 Å². The summed E-state index contributed by atoms with van der Waals surface area (Å²) in [5, 5.41) is 0. The lowest BCUT2D eigenvalue weighted by atomic mass is 10.1. The second-order valence-corrected chi connectivity index (χ2v) is 7.06. The molecule has 0 N–H and O–H groups in total. The van der Waals surface area contributed by atoms with Crippen LogP contribution in [0.15, 0.2) is 72.9 Å². The van der Waals surface area contributed by atoms with Gasteiger partial charge in [0.25, 0.3) is 5.91 Å². The Hall–Kier alpha value is -3.14. The number of aryl methyl sites for hydroxylation is 1. The Labute approximate surface area is 165 Å². The van der Waals surface area contributed by atoms with Crippen molar-refractivity contribution in [2.24, 2.45) is 0 Å². The first-order valence-electron chi connectivity index (χ1n) is 9.78. The molecule has 0 aliphatic carbocycles. The van der Waals surface area contributed by atoms with Crippen LogP contribution in [0.5, 0.6) is 5.75 Å². The van der Waals surface area contributed by atoms with Gasteiger partial charge in [-0.25, -0.2) is 0 Å². The minimum Gasteiger partial charge on any atom is -0.493 e. The van der Waals surface area contributed by atoms with Crippen LogP contribution >= 0.6 is 0 Å². The van der Waals surface area contributed by atoms with Gasteiger partial charge in [0.15, 0.2) is 0 Å². The van der Waals surface area contributed by atoms with Gasteiger partial charge in [0.2, 0.25) is 0 Å². The molecule has 1 aliphatic rings. The van der Waals surface area contributed by atoms with Gasteiger partial charge in [-0.05, 0) is 54.3 Å². The number of nitrogens with zero attached hydrogens (tertiary/aromatic N) is 2. The molecule has 4 heteroatoms. The molecule has 0 saturated heterocycles. The van der Waals surface area contributed by atoms with Gasteiger partial charge in [-0.1, -0.05) is 36.4 Å². The Morgan fingerprint density at radius 2 is 1.89 bits per heavy atom. The molecule has 28 heavy (non-hydrogen) atoms. The molecule has 4 nitrogen and oxygen atoms in total. The van der Waals surface area contributed by atoms with Crippen LogP contribution in [0.1, 0.15) is 33.6 Å². The van der Waals surface area contributed by atoms with Crippen LogP contribution in [0.3, 0.4) is 0 Å². The van der Waals surface area contributed by atoms with Crippen molar-refractivity contribution in [2.75, 3.05) is 13.2 Å². The number of pyridine rings is 1. The van der Waals surface area contributed by atoms with E-state index in [0.717, 1.165) is 41.8 Å². The van der Waals surface area contributed by atoms with E-state index < -0.39 is 0 Å². The topological polar surface area (TPSA) is 42.4 Å². The molecule has 1 aromatic heterocycles. The van der Waals surface area contributed by atoms with E-state index in [-0.39, 0.29) is 5.91 Å². The van der Waals surface area contributed by atoms with Gasteiger partial charge in [0, 0.05) is 24.7 Å². The number of hydrogen-bond acceptors (Lipinski definition) is 3. The second-order valence-electron chi connectivity index (χ2n) is 7.06. The molecule has 2 heterocycles. The molecule has 0 saturated carbocycles. The number of hydrogen-bond donors (Lipinski definition) is 0. The summed E-state index contributed by atoms with van der Waals surface area (Å²) < 4.78 is 5.57. The third-order valence-electron chi connectivity index (χ3n) is 5.04. The Bertz CT molecular complexity index is 926. The molecule has 0 bridgehead atoms. The van der Waals surface area contributed by atoms with E-state index in [2.05, 4.69) is 29.2 Å². The molecule has 3 aromatic rings. The fourth-order valence-electron chi connectivity index (χ4n) is 3.56. The zero-order valence-electron chi connectivity index (χ0n) is 15.9. The van der Waals surface area contributed by atoms with Gasteiger partial charge in [0.05, 0.1) is 18.8 Å². The van der Waals surface area contributed by atoms with Crippen LogP contribution in [0.2, 0.25) is 0 Å². The molecule has 1 amide bonds. The van der Waals surface area contributed by atoms with Crippen LogP contribution in [-0.4, -0.2) is 28.9 Å². The predicted molar refractivity (Wildman–Crippen MR) is 109 cm³/mol. The first-order valence-corrected chi connectivity index (χ1v) is 9.78. The van der Waals surface area contributed by atoms with Gasteiger partial charge < -0.3 is 9.64 Å². The number of carbonyl (C=O) groups is 1. The third-order valence-corrected chi connectivity index (χ3v) is 5.04. The fourth-order valence-corrected chi connectivity index (χ4v) is 3.56. The van der Waals surface area contributed by atoms with Crippen molar-refractivity contribution in [3.8, 4) is 5.75 Å². The summed E-state index contributed by atoms with van der Waals surface area (Å²) in [6.45, 7) is 1.90. The van der Waals surface area contributed by atoms with Crippen molar-refractivity contribution < 1.29 is 9.53 Å². The zero-order chi connectivity index (χ0) is 19.2. The molecule has 0 atom stereocenters. The van der Waals surface area contributed by atoms with Crippen LogP contribution < -0.4 is 4.74 Å². The lowest BCUT2D eigenvalue weighted by molar-refractivity contribution is 0.0739. The molecule has 142 valence electrons. The summed E-state index contributed by atoms with van der Waals surface area (Å²) in [6, 6.07) is 22.0. The monoisotopic (exact) mass is 372 g/mol. The standard InChI is InChI=1S/C24H24N2O2/c27-24(21-11-12-23-20(17-21)13-16-28-23)26(18-22-10-4-5-14-25-22)15-6-9-19-7-2-1-3-8-19/h1-5,7-8,10-12,14,17H,6,9,13,15-16,18H2. The molecule has 4 rings (SSSR count). The number of rotatable bonds is 7. The van der Waals surface area contributed by atoms with Crippen molar-refractivity contribution in [1.29, 1.82) is 0 Å². The van der Waals surface area contributed by atoms with Crippen LogP contribution in [-0.2, 0) is 19.4 Å².